The van der Waals surface area contributed by atoms with E-state index in [2.05, 4.69) is 20.6 Å². The number of nitrogens with zero attached hydrogens (tertiary/aromatic N) is 2. The Morgan fingerprint density at radius 2 is 1.89 bits per heavy atom. The lowest BCUT2D eigenvalue weighted by atomic mass is 10.1. The summed E-state index contributed by atoms with van der Waals surface area (Å²) in [5, 5.41) is 6.12. The predicted molar refractivity (Wildman–Crippen MR) is 105 cm³/mol. The summed E-state index contributed by atoms with van der Waals surface area (Å²) in [5.41, 5.74) is 3.29. The molecule has 0 aliphatic carbocycles. The van der Waals surface area contributed by atoms with Gasteiger partial charge in [0.1, 0.15) is 11.4 Å². The average Bonchev–Trinajstić information content (AvgIpc) is 2.74. The van der Waals surface area contributed by atoms with Gasteiger partial charge in [0.05, 0.1) is 31.2 Å². The molecule has 0 unspecified atom stereocenters. The van der Waals surface area contributed by atoms with E-state index in [0.29, 0.717) is 12.2 Å². The molecule has 0 aliphatic rings. The summed E-state index contributed by atoms with van der Waals surface area (Å²) in [6, 6.07) is 17.2. The molecule has 2 heterocycles. The Morgan fingerprint density at radius 3 is 2.56 bits per heavy atom. The molecule has 0 radical (unpaired) electrons. The Morgan fingerprint density at radius 1 is 1.04 bits per heavy atom. The second-order valence-electron chi connectivity index (χ2n) is 5.96. The van der Waals surface area contributed by atoms with E-state index < -0.39 is 0 Å². The first-order valence-corrected chi connectivity index (χ1v) is 8.75. The van der Waals surface area contributed by atoms with Crippen molar-refractivity contribution in [3.05, 3.63) is 83.9 Å². The summed E-state index contributed by atoms with van der Waals surface area (Å²) >= 11 is 0. The molecule has 6 nitrogen and oxygen atoms in total. The number of benzene rings is 1. The van der Waals surface area contributed by atoms with Gasteiger partial charge in [-0.1, -0.05) is 18.2 Å². The van der Waals surface area contributed by atoms with Crippen molar-refractivity contribution < 1.29 is 9.53 Å². The molecule has 0 bridgehead atoms. The number of hydrogen-bond acceptors (Lipinski definition) is 5. The average molecular weight is 362 g/mol. The van der Waals surface area contributed by atoms with Crippen molar-refractivity contribution in [2.45, 2.75) is 13.0 Å². The third kappa shape index (κ3) is 5.54. The molecule has 0 atom stereocenters. The molecule has 2 aromatic heterocycles. The van der Waals surface area contributed by atoms with Crippen LogP contribution >= 0.6 is 0 Å². The molecule has 3 rings (SSSR count). The third-order valence-corrected chi connectivity index (χ3v) is 4.05. The summed E-state index contributed by atoms with van der Waals surface area (Å²) in [4.78, 5) is 20.6. The summed E-state index contributed by atoms with van der Waals surface area (Å²) < 4.78 is 5.16. The molecule has 138 valence electrons. The number of hydrogen-bond donors (Lipinski definition) is 2. The van der Waals surface area contributed by atoms with E-state index in [9.17, 15) is 4.79 Å². The first kappa shape index (κ1) is 18.4. The molecule has 0 saturated carbocycles. The molecule has 1 aromatic carbocycles. The van der Waals surface area contributed by atoms with Crippen LogP contribution in [0.25, 0.3) is 0 Å². The molecule has 27 heavy (non-hydrogen) atoms. The molecular formula is C21H22N4O2. The number of rotatable bonds is 8. The van der Waals surface area contributed by atoms with Gasteiger partial charge in [0.15, 0.2) is 0 Å². The lowest BCUT2D eigenvalue weighted by molar-refractivity contribution is 0.0945. The Labute approximate surface area is 158 Å². The molecule has 1 amide bonds. The SMILES string of the molecule is COc1ccc(CCNc2ccc(C(=O)NCc3ccccn3)nc2)cc1. The van der Waals surface area contributed by atoms with E-state index in [1.165, 1.54) is 5.56 Å². The van der Waals surface area contributed by atoms with Crippen molar-refractivity contribution in [3.8, 4) is 5.75 Å². The highest BCUT2D eigenvalue weighted by Crippen LogP contribution is 2.12. The molecular weight excluding hydrogens is 340 g/mol. The van der Waals surface area contributed by atoms with Gasteiger partial charge in [-0.3, -0.25) is 9.78 Å². The molecule has 0 fully saturated rings. The minimum atomic E-state index is -0.217. The second kappa shape index (κ2) is 9.33. The smallest absolute Gasteiger partial charge is 0.270 e. The number of ether oxygens (including phenoxy) is 1. The van der Waals surface area contributed by atoms with Crippen molar-refractivity contribution in [1.82, 2.24) is 15.3 Å². The van der Waals surface area contributed by atoms with Crippen LogP contribution in [-0.2, 0) is 13.0 Å². The van der Waals surface area contributed by atoms with Gasteiger partial charge in [-0.15, -0.1) is 0 Å². The highest BCUT2D eigenvalue weighted by molar-refractivity contribution is 5.92. The summed E-state index contributed by atoms with van der Waals surface area (Å²) in [6.45, 7) is 1.16. The summed E-state index contributed by atoms with van der Waals surface area (Å²) in [6.07, 6.45) is 4.26. The van der Waals surface area contributed by atoms with Crippen LogP contribution in [0.2, 0.25) is 0 Å². The number of carbonyl (C=O) groups is 1. The van der Waals surface area contributed by atoms with Crippen LogP contribution in [0.15, 0.2) is 67.0 Å². The lowest BCUT2D eigenvalue weighted by Gasteiger charge is -2.08. The monoisotopic (exact) mass is 362 g/mol. The van der Waals surface area contributed by atoms with E-state index in [-0.39, 0.29) is 5.91 Å². The van der Waals surface area contributed by atoms with Gasteiger partial charge in [0.2, 0.25) is 0 Å². The maximum atomic E-state index is 12.1. The maximum Gasteiger partial charge on any atom is 0.270 e. The predicted octanol–water partition coefficient (Wildman–Crippen LogP) is 3.07. The van der Waals surface area contributed by atoms with Crippen LogP contribution in [-0.4, -0.2) is 29.5 Å². The van der Waals surface area contributed by atoms with Gasteiger partial charge >= 0.3 is 0 Å². The van der Waals surface area contributed by atoms with Gasteiger partial charge in [-0.2, -0.15) is 0 Å². The van der Waals surface area contributed by atoms with Gasteiger partial charge < -0.3 is 15.4 Å². The second-order valence-corrected chi connectivity index (χ2v) is 5.96. The molecule has 0 aliphatic heterocycles. The summed E-state index contributed by atoms with van der Waals surface area (Å²) in [5.74, 6) is 0.637. The zero-order valence-electron chi connectivity index (χ0n) is 15.2. The van der Waals surface area contributed by atoms with Gasteiger partial charge in [-0.25, -0.2) is 4.98 Å². The summed E-state index contributed by atoms with van der Waals surface area (Å²) in [7, 11) is 1.66. The highest BCUT2D eigenvalue weighted by Gasteiger charge is 2.07. The number of aromatic nitrogens is 2. The van der Waals surface area contributed by atoms with Gasteiger partial charge in [0.25, 0.3) is 5.91 Å². The molecule has 0 saturated heterocycles. The highest BCUT2D eigenvalue weighted by atomic mass is 16.5. The Kier molecular flexibility index (Phi) is 6.35. The van der Waals surface area contributed by atoms with Gasteiger partial charge in [0, 0.05) is 12.7 Å². The van der Waals surface area contributed by atoms with Crippen molar-refractivity contribution >= 4 is 11.6 Å². The van der Waals surface area contributed by atoms with Crippen molar-refractivity contribution in [3.63, 3.8) is 0 Å². The fourth-order valence-corrected chi connectivity index (χ4v) is 2.54. The van der Waals surface area contributed by atoms with Crippen LogP contribution in [0.1, 0.15) is 21.7 Å². The zero-order chi connectivity index (χ0) is 18.9. The quantitative estimate of drug-likeness (QED) is 0.644. The number of carbonyl (C=O) groups excluding carboxylic acids is 1. The Bertz CT molecular complexity index is 850. The number of methoxy groups -OCH3 is 1. The Hall–Kier alpha value is -3.41. The zero-order valence-corrected chi connectivity index (χ0v) is 15.2. The number of pyridine rings is 2. The first-order valence-electron chi connectivity index (χ1n) is 8.75. The van der Waals surface area contributed by atoms with E-state index in [0.717, 1.165) is 30.1 Å². The normalized spacial score (nSPS) is 10.3. The van der Waals surface area contributed by atoms with Crippen LogP contribution in [0.3, 0.4) is 0 Å². The van der Waals surface area contributed by atoms with Gasteiger partial charge in [-0.05, 0) is 48.4 Å². The van der Waals surface area contributed by atoms with E-state index in [1.807, 2.05) is 48.5 Å². The van der Waals surface area contributed by atoms with E-state index >= 15 is 0 Å². The van der Waals surface area contributed by atoms with Crippen molar-refractivity contribution in [2.24, 2.45) is 0 Å². The fourth-order valence-electron chi connectivity index (χ4n) is 2.54. The number of anilines is 1. The lowest BCUT2D eigenvalue weighted by Crippen LogP contribution is -2.24. The molecule has 3 aromatic rings. The Balaban J connectivity index is 1.45. The minimum absolute atomic E-state index is 0.217. The number of nitrogens with one attached hydrogen (secondary N) is 2. The standard InChI is InChI=1S/C21H22N4O2/c1-27-19-8-5-16(6-9-19)11-13-23-18-7-10-20(24-14-18)21(26)25-15-17-4-2-3-12-22-17/h2-10,12,14,23H,11,13,15H2,1H3,(H,25,26). The number of amides is 1. The maximum absolute atomic E-state index is 12.1. The van der Waals surface area contributed by atoms with E-state index in [1.54, 1.807) is 25.6 Å². The van der Waals surface area contributed by atoms with E-state index in [4.69, 9.17) is 4.74 Å². The topological polar surface area (TPSA) is 76.1 Å². The van der Waals surface area contributed by atoms with Crippen LogP contribution in [0.4, 0.5) is 5.69 Å². The molecule has 0 spiro atoms. The fraction of sp³-hybridized carbons (Fsp3) is 0.190. The molecule has 6 heteroatoms. The van der Waals surface area contributed by atoms with Crippen molar-refractivity contribution in [1.29, 1.82) is 0 Å². The van der Waals surface area contributed by atoms with Crippen LogP contribution < -0.4 is 15.4 Å². The third-order valence-electron chi connectivity index (χ3n) is 4.05. The minimum Gasteiger partial charge on any atom is -0.497 e. The van der Waals surface area contributed by atoms with Crippen LogP contribution in [0.5, 0.6) is 5.75 Å². The molecule has 2 N–H and O–H groups in total. The van der Waals surface area contributed by atoms with Crippen molar-refractivity contribution in [2.75, 3.05) is 19.0 Å². The van der Waals surface area contributed by atoms with Crippen LogP contribution in [0, 0.1) is 0 Å². The first-order chi connectivity index (χ1) is 13.2. The largest absolute Gasteiger partial charge is 0.497 e.